The molecule has 0 saturated heterocycles. The van der Waals surface area contributed by atoms with E-state index in [-0.39, 0.29) is 0 Å². The van der Waals surface area contributed by atoms with Gasteiger partial charge in [0, 0.05) is 18.6 Å². The third-order valence-electron chi connectivity index (χ3n) is 4.58. The first-order chi connectivity index (χ1) is 12.2. The van der Waals surface area contributed by atoms with Gasteiger partial charge in [-0.15, -0.1) is 10.2 Å². The Hall–Kier alpha value is -3.35. The number of rotatable bonds is 1. The lowest BCUT2D eigenvalue weighted by Crippen LogP contribution is -2.29. The van der Waals surface area contributed by atoms with Crippen LogP contribution in [0.3, 0.4) is 0 Å². The SMILES string of the molecule is CN1CCOc2c1ccn1c(-c3ccc4cccc(N)c4n3)nnc21. The van der Waals surface area contributed by atoms with Gasteiger partial charge < -0.3 is 15.4 Å². The van der Waals surface area contributed by atoms with Crippen LogP contribution in [-0.2, 0) is 0 Å². The summed E-state index contributed by atoms with van der Waals surface area (Å²) in [5, 5.41) is 9.68. The fraction of sp³-hybridized carbons (Fsp3) is 0.167. The third-order valence-corrected chi connectivity index (χ3v) is 4.58. The summed E-state index contributed by atoms with van der Waals surface area (Å²) < 4.78 is 7.75. The van der Waals surface area contributed by atoms with Crippen LogP contribution in [0.2, 0.25) is 0 Å². The number of hydrogen-bond donors (Lipinski definition) is 1. The molecule has 1 aliphatic rings. The fourth-order valence-electron chi connectivity index (χ4n) is 3.24. The van der Waals surface area contributed by atoms with Gasteiger partial charge in [0.25, 0.3) is 0 Å². The maximum absolute atomic E-state index is 6.07. The maximum atomic E-state index is 6.07. The molecule has 0 fully saturated rings. The smallest absolute Gasteiger partial charge is 0.205 e. The number of anilines is 2. The monoisotopic (exact) mass is 332 g/mol. The predicted molar refractivity (Wildman–Crippen MR) is 96.9 cm³/mol. The van der Waals surface area contributed by atoms with Crippen LogP contribution in [0.1, 0.15) is 0 Å². The van der Waals surface area contributed by atoms with Crippen LogP contribution >= 0.6 is 0 Å². The highest BCUT2D eigenvalue weighted by molar-refractivity contribution is 5.90. The number of hydrogen-bond acceptors (Lipinski definition) is 6. The highest BCUT2D eigenvalue weighted by Gasteiger charge is 2.21. The highest BCUT2D eigenvalue weighted by Crippen LogP contribution is 2.35. The van der Waals surface area contributed by atoms with Crippen molar-refractivity contribution in [3.05, 3.63) is 42.6 Å². The molecule has 0 saturated carbocycles. The summed E-state index contributed by atoms with van der Waals surface area (Å²) in [6.45, 7) is 1.49. The van der Waals surface area contributed by atoms with E-state index in [9.17, 15) is 0 Å². The molecule has 0 aliphatic carbocycles. The molecule has 7 heteroatoms. The van der Waals surface area contributed by atoms with Crippen molar-refractivity contribution in [2.75, 3.05) is 30.8 Å². The predicted octanol–water partition coefficient (Wildman–Crippen LogP) is 2.36. The van der Waals surface area contributed by atoms with Crippen LogP contribution in [0.4, 0.5) is 11.4 Å². The van der Waals surface area contributed by atoms with Crippen molar-refractivity contribution < 1.29 is 4.74 Å². The molecule has 7 nitrogen and oxygen atoms in total. The number of nitrogens with two attached hydrogens (primary N) is 1. The van der Waals surface area contributed by atoms with Crippen molar-refractivity contribution in [3.8, 4) is 17.3 Å². The van der Waals surface area contributed by atoms with E-state index in [1.807, 2.05) is 54.0 Å². The van der Waals surface area contributed by atoms with E-state index >= 15 is 0 Å². The normalized spacial score (nSPS) is 13.9. The van der Waals surface area contributed by atoms with Gasteiger partial charge in [-0.1, -0.05) is 18.2 Å². The molecule has 4 heterocycles. The number of fused-ring (bicyclic) bond motifs is 4. The van der Waals surface area contributed by atoms with Crippen molar-refractivity contribution in [2.24, 2.45) is 0 Å². The lowest BCUT2D eigenvalue weighted by molar-refractivity contribution is 0.313. The Bertz CT molecular complexity index is 1120. The lowest BCUT2D eigenvalue weighted by atomic mass is 10.1. The van der Waals surface area contributed by atoms with Gasteiger partial charge in [-0.2, -0.15) is 0 Å². The zero-order valence-corrected chi connectivity index (χ0v) is 13.7. The minimum Gasteiger partial charge on any atom is -0.486 e. The van der Waals surface area contributed by atoms with Crippen LogP contribution < -0.4 is 15.4 Å². The Balaban J connectivity index is 1.73. The molecular formula is C18H16N6O. The van der Waals surface area contributed by atoms with E-state index in [1.165, 1.54) is 0 Å². The van der Waals surface area contributed by atoms with E-state index in [0.717, 1.165) is 34.6 Å². The second kappa shape index (κ2) is 5.07. The van der Waals surface area contributed by atoms with Gasteiger partial charge in [0.05, 0.1) is 23.4 Å². The van der Waals surface area contributed by atoms with Crippen molar-refractivity contribution in [2.45, 2.75) is 0 Å². The van der Waals surface area contributed by atoms with Gasteiger partial charge in [-0.3, -0.25) is 4.40 Å². The summed E-state index contributed by atoms with van der Waals surface area (Å²) in [4.78, 5) is 6.85. The Kier molecular flexibility index (Phi) is 2.85. The van der Waals surface area contributed by atoms with Gasteiger partial charge in [0.2, 0.25) is 5.65 Å². The number of pyridine rings is 2. The van der Waals surface area contributed by atoms with Crippen LogP contribution in [0.15, 0.2) is 42.6 Å². The number of ether oxygens (including phenoxy) is 1. The molecule has 5 rings (SSSR count). The van der Waals surface area contributed by atoms with Gasteiger partial charge in [0.15, 0.2) is 11.6 Å². The molecule has 0 radical (unpaired) electrons. The maximum Gasteiger partial charge on any atom is 0.205 e. The van der Waals surface area contributed by atoms with Crippen LogP contribution in [-0.4, -0.2) is 39.8 Å². The molecule has 1 aliphatic heterocycles. The molecule has 0 spiro atoms. The molecular weight excluding hydrogens is 316 g/mol. The summed E-state index contributed by atoms with van der Waals surface area (Å²) in [5.74, 6) is 1.43. The average Bonchev–Trinajstić information content (AvgIpc) is 3.07. The van der Waals surface area contributed by atoms with Crippen molar-refractivity contribution >= 4 is 27.9 Å². The molecule has 3 aromatic heterocycles. The first kappa shape index (κ1) is 14.0. The summed E-state index contributed by atoms with van der Waals surface area (Å²) in [6, 6.07) is 11.7. The van der Waals surface area contributed by atoms with E-state index in [0.29, 0.717) is 23.8 Å². The highest BCUT2D eigenvalue weighted by atomic mass is 16.5. The van der Waals surface area contributed by atoms with Crippen LogP contribution in [0.25, 0.3) is 28.1 Å². The zero-order chi connectivity index (χ0) is 17.0. The average molecular weight is 332 g/mol. The van der Waals surface area contributed by atoms with Gasteiger partial charge in [-0.25, -0.2) is 4.98 Å². The number of nitrogen functional groups attached to an aromatic ring is 1. The Labute approximate surface area is 143 Å². The molecule has 2 N–H and O–H groups in total. The largest absolute Gasteiger partial charge is 0.486 e. The first-order valence-corrected chi connectivity index (χ1v) is 8.10. The Morgan fingerprint density at radius 3 is 2.96 bits per heavy atom. The molecule has 25 heavy (non-hydrogen) atoms. The van der Waals surface area contributed by atoms with E-state index in [4.69, 9.17) is 15.5 Å². The molecule has 0 bridgehead atoms. The standard InChI is InChI=1S/C18H16N6O/c1-23-9-10-25-16-14(23)7-8-24-17(21-22-18(16)24)13-6-5-11-3-2-4-12(19)15(11)20-13/h2-8H,9-10,19H2,1H3. The number of likely N-dealkylation sites (N-methyl/N-ethyl adjacent to an activating group) is 1. The second-order valence-corrected chi connectivity index (χ2v) is 6.13. The first-order valence-electron chi connectivity index (χ1n) is 8.10. The van der Waals surface area contributed by atoms with E-state index in [2.05, 4.69) is 15.1 Å². The van der Waals surface area contributed by atoms with E-state index < -0.39 is 0 Å². The number of nitrogens with zero attached hydrogens (tertiary/aromatic N) is 5. The topological polar surface area (TPSA) is 81.6 Å². The van der Waals surface area contributed by atoms with Crippen molar-refractivity contribution in [3.63, 3.8) is 0 Å². The van der Waals surface area contributed by atoms with Gasteiger partial charge in [0.1, 0.15) is 12.3 Å². The molecule has 0 amide bonds. The van der Waals surface area contributed by atoms with Crippen LogP contribution in [0.5, 0.6) is 5.75 Å². The molecule has 0 unspecified atom stereocenters. The van der Waals surface area contributed by atoms with Gasteiger partial charge in [-0.05, 0) is 18.2 Å². The van der Waals surface area contributed by atoms with Crippen molar-refractivity contribution in [1.82, 2.24) is 19.6 Å². The van der Waals surface area contributed by atoms with Crippen molar-refractivity contribution in [1.29, 1.82) is 0 Å². The summed E-state index contributed by atoms with van der Waals surface area (Å²) in [5.41, 5.74) is 9.93. The number of aromatic nitrogens is 4. The zero-order valence-electron chi connectivity index (χ0n) is 13.7. The Morgan fingerprint density at radius 1 is 1.12 bits per heavy atom. The second-order valence-electron chi connectivity index (χ2n) is 6.13. The van der Waals surface area contributed by atoms with E-state index in [1.54, 1.807) is 0 Å². The third kappa shape index (κ3) is 2.02. The summed E-state index contributed by atoms with van der Waals surface area (Å²) >= 11 is 0. The molecule has 1 aromatic carbocycles. The molecule has 0 atom stereocenters. The molecule has 124 valence electrons. The summed E-state index contributed by atoms with van der Waals surface area (Å²) in [7, 11) is 2.04. The van der Waals surface area contributed by atoms with Crippen LogP contribution in [0, 0.1) is 0 Å². The fourth-order valence-corrected chi connectivity index (χ4v) is 3.24. The Morgan fingerprint density at radius 2 is 2.04 bits per heavy atom. The number of benzene rings is 1. The summed E-state index contributed by atoms with van der Waals surface area (Å²) in [6.07, 6.45) is 1.95. The lowest BCUT2D eigenvalue weighted by Gasteiger charge is -2.27. The minimum atomic E-state index is 0.635. The minimum absolute atomic E-state index is 0.635. The number of para-hydroxylation sites is 1. The molecule has 4 aromatic rings. The van der Waals surface area contributed by atoms with Gasteiger partial charge >= 0.3 is 0 Å². The quantitative estimate of drug-likeness (QED) is 0.539.